The van der Waals surface area contributed by atoms with Gasteiger partial charge in [-0.15, -0.1) is 0 Å². The highest BCUT2D eigenvalue weighted by Gasteiger charge is 2.22. The first-order valence-electron chi connectivity index (χ1n) is 5.69. The quantitative estimate of drug-likeness (QED) is 0.631. The molecule has 2 heteroatoms. The maximum Gasteiger partial charge on any atom is 0.0599 e. The van der Waals surface area contributed by atoms with Crippen molar-refractivity contribution in [2.45, 2.75) is 57.8 Å². The van der Waals surface area contributed by atoms with E-state index in [-0.39, 0.29) is 0 Å². The van der Waals surface area contributed by atoms with Gasteiger partial charge in [-0.05, 0) is 26.1 Å². The van der Waals surface area contributed by atoms with Crippen LogP contribution in [0.4, 0.5) is 0 Å². The Morgan fingerprint density at radius 1 is 1.08 bits per heavy atom. The van der Waals surface area contributed by atoms with Crippen LogP contribution in [0.15, 0.2) is 0 Å². The SMILES string of the molecule is CN(C[Si](C)(C)C)C1CCCCC1. The summed E-state index contributed by atoms with van der Waals surface area (Å²) < 4.78 is 0. The molecule has 1 aliphatic rings. The molecule has 0 bridgehead atoms. The highest BCUT2D eigenvalue weighted by atomic mass is 28.3. The smallest absolute Gasteiger partial charge is 0.0599 e. The van der Waals surface area contributed by atoms with Crippen molar-refractivity contribution in [2.75, 3.05) is 13.2 Å². The van der Waals surface area contributed by atoms with Crippen LogP contribution in [0, 0.1) is 0 Å². The average molecular weight is 199 g/mol. The van der Waals surface area contributed by atoms with E-state index in [0.29, 0.717) is 0 Å². The van der Waals surface area contributed by atoms with Crippen LogP contribution < -0.4 is 0 Å². The van der Waals surface area contributed by atoms with E-state index in [9.17, 15) is 0 Å². The van der Waals surface area contributed by atoms with Crippen LogP contribution >= 0.6 is 0 Å². The Labute approximate surface area is 84.5 Å². The molecule has 13 heavy (non-hydrogen) atoms. The number of hydrogen-bond acceptors (Lipinski definition) is 1. The van der Waals surface area contributed by atoms with Crippen molar-refractivity contribution >= 4 is 8.07 Å². The molecule has 0 aliphatic heterocycles. The van der Waals surface area contributed by atoms with Gasteiger partial charge in [-0.25, -0.2) is 0 Å². The molecule has 0 N–H and O–H groups in total. The van der Waals surface area contributed by atoms with Gasteiger partial charge in [0.2, 0.25) is 0 Å². The second-order valence-corrected chi connectivity index (χ2v) is 11.2. The first-order valence-corrected chi connectivity index (χ1v) is 9.40. The van der Waals surface area contributed by atoms with Crippen molar-refractivity contribution in [1.29, 1.82) is 0 Å². The van der Waals surface area contributed by atoms with Crippen molar-refractivity contribution in [3.05, 3.63) is 0 Å². The summed E-state index contributed by atoms with van der Waals surface area (Å²) in [6, 6.07) is 0.903. The second kappa shape index (κ2) is 4.60. The minimum absolute atomic E-state index is 0.878. The van der Waals surface area contributed by atoms with E-state index in [2.05, 4.69) is 31.6 Å². The average Bonchev–Trinajstić information content (AvgIpc) is 2.03. The van der Waals surface area contributed by atoms with E-state index in [1.807, 2.05) is 0 Å². The Hall–Kier alpha value is 0.177. The van der Waals surface area contributed by atoms with Gasteiger partial charge >= 0.3 is 0 Å². The van der Waals surface area contributed by atoms with Gasteiger partial charge in [0.25, 0.3) is 0 Å². The van der Waals surface area contributed by atoms with Gasteiger partial charge in [0.15, 0.2) is 0 Å². The van der Waals surface area contributed by atoms with Crippen molar-refractivity contribution in [2.24, 2.45) is 0 Å². The van der Waals surface area contributed by atoms with Gasteiger partial charge < -0.3 is 4.90 Å². The van der Waals surface area contributed by atoms with E-state index in [1.54, 1.807) is 0 Å². The van der Waals surface area contributed by atoms with E-state index in [0.717, 1.165) is 6.04 Å². The molecule has 1 fully saturated rings. The minimum atomic E-state index is -0.878. The van der Waals surface area contributed by atoms with E-state index in [1.165, 1.54) is 38.3 Å². The molecular weight excluding hydrogens is 174 g/mol. The lowest BCUT2D eigenvalue weighted by Crippen LogP contribution is -2.44. The molecule has 0 saturated heterocycles. The van der Waals surface area contributed by atoms with Crippen LogP contribution in [-0.2, 0) is 0 Å². The molecule has 0 aromatic carbocycles. The van der Waals surface area contributed by atoms with E-state index >= 15 is 0 Å². The highest BCUT2D eigenvalue weighted by molar-refractivity contribution is 6.76. The van der Waals surface area contributed by atoms with E-state index in [4.69, 9.17) is 0 Å². The Morgan fingerprint density at radius 3 is 2.08 bits per heavy atom. The van der Waals surface area contributed by atoms with Gasteiger partial charge in [-0.3, -0.25) is 0 Å². The Kier molecular flexibility index (Phi) is 3.99. The summed E-state index contributed by atoms with van der Waals surface area (Å²) in [5, 5.41) is 0. The monoisotopic (exact) mass is 199 g/mol. The molecule has 0 aromatic heterocycles. The molecule has 0 heterocycles. The molecule has 1 saturated carbocycles. The maximum atomic E-state index is 2.63. The first kappa shape index (κ1) is 11.3. The van der Waals surface area contributed by atoms with Gasteiger partial charge in [-0.2, -0.15) is 0 Å². The zero-order valence-corrected chi connectivity index (χ0v) is 10.8. The van der Waals surface area contributed by atoms with Crippen LogP contribution in [0.2, 0.25) is 19.6 Å². The van der Waals surface area contributed by atoms with Gasteiger partial charge in [0, 0.05) is 6.04 Å². The van der Waals surface area contributed by atoms with Gasteiger partial charge in [-0.1, -0.05) is 38.9 Å². The zero-order valence-electron chi connectivity index (χ0n) is 9.77. The standard InChI is InChI=1S/C11H25NSi/c1-12(10-13(2,3)4)11-8-6-5-7-9-11/h11H,5-10H2,1-4H3. The summed E-state index contributed by atoms with van der Waals surface area (Å²) in [6.45, 7) is 7.39. The molecule has 0 spiro atoms. The lowest BCUT2D eigenvalue weighted by atomic mass is 9.95. The Bertz CT molecular complexity index is 145. The first-order chi connectivity index (χ1) is 5.99. The normalized spacial score (nSPS) is 21.0. The van der Waals surface area contributed by atoms with Crippen LogP contribution in [-0.4, -0.2) is 32.2 Å². The molecule has 0 atom stereocenters. The van der Waals surface area contributed by atoms with Crippen molar-refractivity contribution in [1.82, 2.24) is 4.90 Å². The summed E-state index contributed by atoms with van der Waals surface area (Å²) in [5.74, 6) is 0. The third-order valence-electron chi connectivity index (χ3n) is 2.92. The van der Waals surface area contributed by atoms with E-state index < -0.39 is 8.07 Å². The van der Waals surface area contributed by atoms with Gasteiger partial charge in [0.05, 0.1) is 8.07 Å². The fourth-order valence-corrected chi connectivity index (χ4v) is 4.15. The molecule has 0 amide bonds. The highest BCUT2D eigenvalue weighted by Crippen LogP contribution is 2.22. The fourth-order valence-electron chi connectivity index (χ4n) is 2.40. The molecule has 1 nitrogen and oxygen atoms in total. The van der Waals surface area contributed by atoms with Crippen molar-refractivity contribution < 1.29 is 0 Å². The van der Waals surface area contributed by atoms with Gasteiger partial charge in [0.1, 0.15) is 0 Å². The van der Waals surface area contributed by atoms with Crippen LogP contribution in [0.1, 0.15) is 32.1 Å². The third kappa shape index (κ3) is 4.27. The summed E-state index contributed by atoms with van der Waals surface area (Å²) in [5.41, 5.74) is 0. The summed E-state index contributed by atoms with van der Waals surface area (Å²) in [6.07, 6.45) is 8.65. The number of hydrogen-bond donors (Lipinski definition) is 0. The summed E-state index contributed by atoms with van der Waals surface area (Å²) in [7, 11) is 1.45. The minimum Gasteiger partial charge on any atom is -0.306 e. The fraction of sp³-hybridized carbons (Fsp3) is 1.00. The molecular formula is C11H25NSi. The van der Waals surface area contributed by atoms with Crippen molar-refractivity contribution in [3.8, 4) is 0 Å². The molecule has 1 rings (SSSR count). The molecule has 0 unspecified atom stereocenters. The van der Waals surface area contributed by atoms with Crippen LogP contribution in [0.3, 0.4) is 0 Å². The number of rotatable bonds is 3. The summed E-state index contributed by atoms with van der Waals surface area (Å²) in [4.78, 5) is 2.63. The third-order valence-corrected chi connectivity index (χ3v) is 4.37. The molecule has 0 radical (unpaired) electrons. The molecule has 78 valence electrons. The van der Waals surface area contributed by atoms with Crippen LogP contribution in [0.5, 0.6) is 0 Å². The topological polar surface area (TPSA) is 3.24 Å². The maximum absolute atomic E-state index is 2.63. The Morgan fingerprint density at radius 2 is 1.62 bits per heavy atom. The largest absolute Gasteiger partial charge is 0.306 e. The molecule has 1 aliphatic carbocycles. The predicted octanol–water partition coefficient (Wildman–Crippen LogP) is 3.13. The lowest BCUT2D eigenvalue weighted by Gasteiger charge is -2.34. The predicted molar refractivity (Wildman–Crippen MR) is 62.8 cm³/mol. The second-order valence-electron chi connectivity index (χ2n) is 5.77. The van der Waals surface area contributed by atoms with Crippen molar-refractivity contribution in [3.63, 3.8) is 0 Å². The zero-order chi connectivity index (χ0) is 9.90. The lowest BCUT2D eigenvalue weighted by molar-refractivity contribution is 0.215. The molecule has 0 aromatic rings. The van der Waals surface area contributed by atoms with Crippen LogP contribution in [0.25, 0.3) is 0 Å². The summed E-state index contributed by atoms with van der Waals surface area (Å²) >= 11 is 0. The Balaban J connectivity index is 2.33. The number of nitrogens with zero attached hydrogens (tertiary/aromatic N) is 1.